The molecule has 6 nitrogen and oxygen atoms in total. The number of hydrogen-bond acceptors (Lipinski definition) is 4. The van der Waals surface area contributed by atoms with Crippen LogP contribution >= 0.6 is 11.3 Å². The molecule has 0 fully saturated rings. The number of thiophene rings is 1. The van der Waals surface area contributed by atoms with E-state index in [4.69, 9.17) is 0 Å². The van der Waals surface area contributed by atoms with Crippen molar-refractivity contribution in [2.75, 3.05) is 0 Å². The van der Waals surface area contributed by atoms with Crippen molar-refractivity contribution in [2.24, 2.45) is 0 Å². The molecule has 0 saturated carbocycles. The Morgan fingerprint density at radius 3 is 2.71 bits per heavy atom. The summed E-state index contributed by atoms with van der Waals surface area (Å²) in [6.07, 6.45) is 0.961. The number of amides is 2. The highest BCUT2D eigenvalue weighted by molar-refractivity contribution is 7.07. The number of carbonyl (C=O) groups is 2. The van der Waals surface area contributed by atoms with Gasteiger partial charge in [0.05, 0.1) is 5.69 Å². The molecule has 3 rings (SSSR count). The molecule has 2 aromatic heterocycles. The Labute approximate surface area is 142 Å². The number of aromatic nitrogens is 2. The molecule has 0 aliphatic carbocycles. The van der Waals surface area contributed by atoms with E-state index in [0.717, 1.165) is 11.1 Å². The molecule has 0 aliphatic rings. The van der Waals surface area contributed by atoms with Crippen LogP contribution in [0, 0.1) is 0 Å². The maximum Gasteiger partial charge on any atom is 0.287 e. The van der Waals surface area contributed by atoms with Crippen LogP contribution in [-0.2, 0) is 11.2 Å². The minimum absolute atomic E-state index is 0.239. The van der Waals surface area contributed by atoms with E-state index in [9.17, 15) is 9.59 Å². The van der Waals surface area contributed by atoms with Crippen molar-refractivity contribution in [3.8, 4) is 11.3 Å². The van der Waals surface area contributed by atoms with Gasteiger partial charge < -0.3 is 0 Å². The molecule has 7 heteroatoms. The van der Waals surface area contributed by atoms with Gasteiger partial charge in [0.2, 0.25) is 5.91 Å². The maximum absolute atomic E-state index is 12.0. The molecule has 0 bridgehead atoms. The maximum atomic E-state index is 12.0. The smallest absolute Gasteiger partial charge is 0.273 e. The molecule has 0 spiro atoms. The third-order valence-electron chi connectivity index (χ3n) is 3.43. The van der Waals surface area contributed by atoms with Gasteiger partial charge in [-0.1, -0.05) is 30.3 Å². The Balaban J connectivity index is 1.50. The van der Waals surface area contributed by atoms with Gasteiger partial charge in [-0.05, 0) is 34.9 Å². The van der Waals surface area contributed by atoms with Crippen LogP contribution in [0.5, 0.6) is 0 Å². The predicted octanol–water partition coefficient (Wildman–Crippen LogP) is 2.53. The third-order valence-corrected chi connectivity index (χ3v) is 4.16. The summed E-state index contributed by atoms with van der Waals surface area (Å²) in [6, 6.07) is 13.1. The Morgan fingerprint density at radius 1 is 1.12 bits per heavy atom. The fourth-order valence-corrected chi connectivity index (χ4v) is 2.85. The standard InChI is InChI=1S/C17H16N4O2S/c22-16(7-6-12-8-9-24-11-12)20-21-17(23)15-10-14(18-19-15)13-4-2-1-3-5-13/h1-5,8-11H,6-7H2,(H,18,19)(H,20,22)(H,21,23). The number of benzene rings is 1. The van der Waals surface area contributed by atoms with Gasteiger partial charge >= 0.3 is 0 Å². The second-order valence-electron chi connectivity index (χ2n) is 5.17. The average Bonchev–Trinajstić information content (AvgIpc) is 3.30. The second kappa shape index (κ2) is 7.56. The normalized spacial score (nSPS) is 10.3. The van der Waals surface area contributed by atoms with Crippen LogP contribution in [-0.4, -0.2) is 22.0 Å². The van der Waals surface area contributed by atoms with Crippen molar-refractivity contribution >= 4 is 23.2 Å². The molecule has 24 heavy (non-hydrogen) atoms. The highest BCUT2D eigenvalue weighted by Gasteiger charge is 2.12. The van der Waals surface area contributed by atoms with Gasteiger partial charge in [-0.15, -0.1) is 0 Å². The van der Waals surface area contributed by atoms with Crippen molar-refractivity contribution in [2.45, 2.75) is 12.8 Å². The van der Waals surface area contributed by atoms with Gasteiger partial charge in [0.25, 0.3) is 5.91 Å². The predicted molar refractivity (Wildman–Crippen MR) is 92.3 cm³/mol. The van der Waals surface area contributed by atoms with Gasteiger partial charge in [0.1, 0.15) is 5.69 Å². The summed E-state index contributed by atoms with van der Waals surface area (Å²) in [5, 5.41) is 10.7. The summed E-state index contributed by atoms with van der Waals surface area (Å²) in [5.74, 6) is -0.675. The second-order valence-corrected chi connectivity index (χ2v) is 5.95. The van der Waals surface area contributed by atoms with E-state index in [1.165, 1.54) is 0 Å². The summed E-state index contributed by atoms with van der Waals surface area (Å²) < 4.78 is 0. The fraction of sp³-hybridized carbons (Fsp3) is 0.118. The molecule has 2 amide bonds. The fourth-order valence-electron chi connectivity index (χ4n) is 2.14. The van der Waals surface area contributed by atoms with E-state index in [1.54, 1.807) is 17.4 Å². The summed E-state index contributed by atoms with van der Waals surface area (Å²) in [5.41, 5.74) is 7.77. The first-order chi connectivity index (χ1) is 11.7. The first-order valence-electron chi connectivity index (χ1n) is 7.43. The quantitative estimate of drug-likeness (QED) is 0.624. The number of aryl methyl sites for hydroxylation is 1. The molecule has 0 saturated heterocycles. The summed E-state index contributed by atoms with van der Waals surface area (Å²) in [6.45, 7) is 0. The number of aromatic amines is 1. The molecule has 0 atom stereocenters. The molecule has 122 valence electrons. The van der Waals surface area contributed by atoms with Gasteiger partial charge in [0.15, 0.2) is 0 Å². The molecular formula is C17H16N4O2S. The SMILES string of the molecule is O=C(CCc1ccsc1)NNC(=O)c1cc(-c2ccccc2)n[nH]1. The summed E-state index contributed by atoms with van der Waals surface area (Å²) >= 11 is 1.59. The van der Waals surface area contributed by atoms with E-state index < -0.39 is 5.91 Å². The van der Waals surface area contributed by atoms with Crippen molar-refractivity contribution in [3.05, 3.63) is 64.5 Å². The first-order valence-corrected chi connectivity index (χ1v) is 8.38. The lowest BCUT2D eigenvalue weighted by atomic mass is 10.1. The van der Waals surface area contributed by atoms with Gasteiger partial charge in [-0.2, -0.15) is 16.4 Å². The van der Waals surface area contributed by atoms with E-state index >= 15 is 0 Å². The van der Waals surface area contributed by atoms with Gasteiger partial charge in [-0.3, -0.25) is 25.5 Å². The van der Waals surface area contributed by atoms with Gasteiger partial charge in [-0.25, -0.2) is 0 Å². The topological polar surface area (TPSA) is 86.9 Å². The van der Waals surface area contributed by atoms with Crippen LogP contribution in [0.1, 0.15) is 22.5 Å². The number of carbonyl (C=O) groups excluding carboxylic acids is 2. The number of hydrazine groups is 1. The van der Waals surface area contributed by atoms with Crippen LogP contribution in [0.3, 0.4) is 0 Å². The Kier molecular flexibility index (Phi) is 5.02. The van der Waals surface area contributed by atoms with Crippen LogP contribution in [0.25, 0.3) is 11.3 Å². The highest BCUT2D eigenvalue weighted by Crippen LogP contribution is 2.16. The molecule has 1 aromatic carbocycles. The average molecular weight is 340 g/mol. The van der Waals surface area contributed by atoms with Crippen molar-refractivity contribution in [1.82, 2.24) is 21.0 Å². The minimum Gasteiger partial charge on any atom is -0.273 e. The van der Waals surface area contributed by atoms with Gasteiger partial charge in [0, 0.05) is 12.0 Å². The number of hydrogen-bond donors (Lipinski definition) is 3. The Morgan fingerprint density at radius 2 is 1.96 bits per heavy atom. The lowest BCUT2D eigenvalue weighted by Crippen LogP contribution is -2.41. The molecule has 0 unspecified atom stereocenters. The first kappa shape index (κ1) is 15.9. The van der Waals surface area contributed by atoms with Crippen LogP contribution in [0.15, 0.2) is 53.2 Å². The van der Waals surface area contributed by atoms with Crippen molar-refractivity contribution in [1.29, 1.82) is 0 Å². The zero-order valence-electron chi connectivity index (χ0n) is 12.8. The monoisotopic (exact) mass is 340 g/mol. The number of nitrogens with one attached hydrogen (secondary N) is 3. The van der Waals surface area contributed by atoms with E-state index in [0.29, 0.717) is 18.5 Å². The molecule has 0 aliphatic heterocycles. The molecule has 3 N–H and O–H groups in total. The molecule has 3 aromatic rings. The van der Waals surface area contributed by atoms with Crippen LogP contribution in [0.4, 0.5) is 0 Å². The number of nitrogens with zero attached hydrogens (tertiary/aromatic N) is 1. The minimum atomic E-state index is -0.437. The highest BCUT2D eigenvalue weighted by atomic mass is 32.1. The van der Waals surface area contributed by atoms with E-state index in [-0.39, 0.29) is 11.6 Å². The Hall–Kier alpha value is -2.93. The van der Waals surface area contributed by atoms with Crippen molar-refractivity contribution in [3.63, 3.8) is 0 Å². The third kappa shape index (κ3) is 4.08. The number of rotatable bonds is 5. The summed E-state index contributed by atoms with van der Waals surface area (Å²) in [7, 11) is 0. The lowest BCUT2D eigenvalue weighted by Gasteiger charge is -2.05. The molecule has 0 radical (unpaired) electrons. The Bertz CT molecular complexity index is 812. The van der Waals surface area contributed by atoms with E-state index in [2.05, 4.69) is 21.0 Å². The summed E-state index contributed by atoms with van der Waals surface area (Å²) in [4.78, 5) is 23.8. The molecular weight excluding hydrogens is 324 g/mol. The zero-order valence-corrected chi connectivity index (χ0v) is 13.6. The molecule has 2 heterocycles. The van der Waals surface area contributed by atoms with Crippen molar-refractivity contribution < 1.29 is 9.59 Å². The van der Waals surface area contributed by atoms with E-state index in [1.807, 2.05) is 47.2 Å². The zero-order chi connectivity index (χ0) is 16.8. The number of H-pyrrole nitrogens is 1. The van der Waals surface area contributed by atoms with Crippen LogP contribution in [0.2, 0.25) is 0 Å². The lowest BCUT2D eigenvalue weighted by molar-refractivity contribution is -0.121. The largest absolute Gasteiger partial charge is 0.287 e. The van der Waals surface area contributed by atoms with Crippen LogP contribution < -0.4 is 10.9 Å².